The summed E-state index contributed by atoms with van der Waals surface area (Å²) in [5.41, 5.74) is 2.04. The number of ether oxygens (including phenoxy) is 1. The van der Waals surface area contributed by atoms with E-state index in [0.29, 0.717) is 0 Å². The fourth-order valence-electron chi connectivity index (χ4n) is 2.06. The van der Waals surface area contributed by atoms with Gasteiger partial charge in [-0.15, -0.1) is 5.10 Å². The van der Waals surface area contributed by atoms with E-state index in [1.54, 1.807) is 23.1 Å². The van der Waals surface area contributed by atoms with E-state index in [2.05, 4.69) is 36.1 Å². The number of hydrogen-bond acceptors (Lipinski definition) is 5. The minimum absolute atomic E-state index is 0.776. The maximum atomic E-state index is 5.69. The Hall–Kier alpha value is -1.53. The van der Waals surface area contributed by atoms with Gasteiger partial charge in [-0.3, -0.25) is 0 Å². The minimum atomic E-state index is 0.776. The van der Waals surface area contributed by atoms with Crippen LogP contribution in [0.3, 0.4) is 0 Å². The van der Waals surface area contributed by atoms with E-state index in [4.69, 9.17) is 4.74 Å². The standard InChI is InChI=1S/C16H19N3OS2/c1-3-5-10-20-13-8-6-12(7-9-13)14-11-19-15(17-14)22-16(18-19)21-4-2/h6-9,11H,3-5,10H2,1-2H3. The molecular formula is C16H19N3OS2. The summed E-state index contributed by atoms with van der Waals surface area (Å²) >= 11 is 3.38. The lowest BCUT2D eigenvalue weighted by molar-refractivity contribution is 0.309. The lowest BCUT2D eigenvalue weighted by atomic mass is 10.2. The zero-order chi connectivity index (χ0) is 15.4. The van der Waals surface area contributed by atoms with Gasteiger partial charge in [-0.25, -0.2) is 9.50 Å². The van der Waals surface area contributed by atoms with Crippen LogP contribution >= 0.6 is 23.1 Å². The topological polar surface area (TPSA) is 39.4 Å². The van der Waals surface area contributed by atoms with Gasteiger partial charge in [-0.05, 0) is 36.4 Å². The minimum Gasteiger partial charge on any atom is -0.494 e. The molecule has 0 amide bonds. The van der Waals surface area contributed by atoms with Crippen LogP contribution in [0.25, 0.3) is 16.2 Å². The molecule has 0 aliphatic carbocycles. The van der Waals surface area contributed by atoms with Gasteiger partial charge in [0.2, 0.25) is 4.96 Å². The number of thioether (sulfide) groups is 1. The van der Waals surface area contributed by atoms with Gasteiger partial charge in [0.15, 0.2) is 4.34 Å². The Balaban J connectivity index is 1.74. The van der Waals surface area contributed by atoms with Crippen molar-refractivity contribution < 1.29 is 4.74 Å². The lowest BCUT2D eigenvalue weighted by Gasteiger charge is -2.05. The molecule has 0 radical (unpaired) electrons. The van der Waals surface area contributed by atoms with Crippen molar-refractivity contribution in [2.75, 3.05) is 12.4 Å². The highest BCUT2D eigenvalue weighted by Crippen LogP contribution is 2.28. The number of fused-ring (bicyclic) bond motifs is 1. The van der Waals surface area contributed by atoms with E-state index >= 15 is 0 Å². The van der Waals surface area contributed by atoms with Crippen LogP contribution in [0.4, 0.5) is 0 Å². The monoisotopic (exact) mass is 333 g/mol. The first-order valence-corrected chi connectivity index (χ1v) is 9.32. The van der Waals surface area contributed by atoms with Gasteiger partial charge in [-0.2, -0.15) is 0 Å². The van der Waals surface area contributed by atoms with Crippen molar-refractivity contribution in [2.24, 2.45) is 0 Å². The predicted molar refractivity (Wildman–Crippen MR) is 93.1 cm³/mol. The van der Waals surface area contributed by atoms with Crippen molar-refractivity contribution >= 4 is 28.1 Å². The second-order valence-electron chi connectivity index (χ2n) is 4.88. The highest BCUT2D eigenvalue weighted by Gasteiger charge is 2.09. The molecule has 116 valence electrons. The molecule has 0 spiro atoms. The van der Waals surface area contributed by atoms with Crippen molar-refractivity contribution in [3.63, 3.8) is 0 Å². The summed E-state index contributed by atoms with van der Waals surface area (Å²) in [7, 11) is 0. The molecule has 0 bridgehead atoms. The highest BCUT2D eigenvalue weighted by molar-refractivity contribution is 8.01. The SMILES string of the molecule is CCCCOc1ccc(-c2cn3nc(SCC)sc3n2)cc1. The van der Waals surface area contributed by atoms with Crippen LogP contribution in [-0.4, -0.2) is 27.0 Å². The molecule has 0 fully saturated rings. The molecule has 6 heteroatoms. The van der Waals surface area contributed by atoms with E-state index in [1.165, 1.54) is 0 Å². The van der Waals surface area contributed by atoms with Gasteiger partial charge in [0.05, 0.1) is 18.5 Å². The zero-order valence-electron chi connectivity index (χ0n) is 12.8. The third kappa shape index (κ3) is 3.44. The maximum absolute atomic E-state index is 5.69. The van der Waals surface area contributed by atoms with Crippen molar-refractivity contribution in [3.05, 3.63) is 30.5 Å². The van der Waals surface area contributed by atoms with Crippen molar-refractivity contribution in [2.45, 2.75) is 31.0 Å². The molecule has 2 aromatic heterocycles. The van der Waals surface area contributed by atoms with E-state index in [0.717, 1.165) is 51.5 Å². The Morgan fingerprint density at radius 2 is 2.05 bits per heavy atom. The van der Waals surface area contributed by atoms with Crippen molar-refractivity contribution in [1.82, 2.24) is 14.6 Å². The Morgan fingerprint density at radius 1 is 1.23 bits per heavy atom. The van der Waals surface area contributed by atoms with E-state index in [-0.39, 0.29) is 0 Å². The van der Waals surface area contributed by atoms with Crippen LogP contribution in [0.1, 0.15) is 26.7 Å². The van der Waals surface area contributed by atoms with E-state index < -0.39 is 0 Å². The molecule has 0 saturated heterocycles. The quantitative estimate of drug-likeness (QED) is 0.462. The second kappa shape index (κ2) is 7.15. The van der Waals surface area contributed by atoms with E-state index in [1.807, 2.05) is 22.8 Å². The molecule has 0 unspecified atom stereocenters. The van der Waals surface area contributed by atoms with Gasteiger partial charge in [0, 0.05) is 5.56 Å². The molecule has 0 aliphatic rings. The first-order chi connectivity index (χ1) is 10.8. The second-order valence-corrected chi connectivity index (χ2v) is 7.35. The Labute approximate surface area is 138 Å². The van der Waals surface area contributed by atoms with Crippen LogP contribution in [0, 0.1) is 0 Å². The molecule has 3 rings (SSSR count). The smallest absolute Gasteiger partial charge is 0.213 e. The van der Waals surface area contributed by atoms with Crippen LogP contribution in [0.15, 0.2) is 34.8 Å². The largest absolute Gasteiger partial charge is 0.494 e. The number of benzene rings is 1. The van der Waals surface area contributed by atoms with Crippen LogP contribution in [-0.2, 0) is 0 Å². The number of hydrogen-bond donors (Lipinski definition) is 0. The molecule has 2 heterocycles. The van der Waals surface area contributed by atoms with Gasteiger partial charge in [-0.1, -0.05) is 43.4 Å². The first-order valence-electron chi connectivity index (χ1n) is 7.52. The summed E-state index contributed by atoms with van der Waals surface area (Å²) in [5, 5.41) is 4.53. The predicted octanol–water partition coefficient (Wildman–Crippen LogP) is 4.75. The number of unbranched alkanes of at least 4 members (excludes halogenated alkanes) is 1. The summed E-state index contributed by atoms with van der Waals surface area (Å²) in [6, 6.07) is 8.11. The molecule has 22 heavy (non-hydrogen) atoms. The van der Waals surface area contributed by atoms with E-state index in [9.17, 15) is 0 Å². The molecule has 0 atom stereocenters. The molecule has 1 aromatic carbocycles. The summed E-state index contributed by atoms with van der Waals surface area (Å²) in [4.78, 5) is 5.59. The molecule has 0 saturated carbocycles. The highest BCUT2D eigenvalue weighted by atomic mass is 32.2. The van der Waals surface area contributed by atoms with Crippen molar-refractivity contribution in [1.29, 1.82) is 0 Å². The maximum Gasteiger partial charge on any atom is 0.213 e. The van der Waals surface area contributed by atoms with Crippen LogP contribution in [0.5, 0.6) is 5.75 Å². The fraction of sp³-hybridized carbons (Fsp3) is 0.375. The third-order valence-corrected chi connectivity index (χ3v) is 5.15. The zero-order valence-corrected chi connectivity index (χ0v) is 14.4. The molecule has 0 N–H and O–H groups in total. The normalized spacial score (nSPS) is 11.2. The Kier molecular flexibility index (Phi) is 5.00. The number of imidazole rings is 1. The number of rotatable bonds is 7. The Morgan fingerprint density at radius 3 is 2.73 bits per heavy atom. The summed E-state index contributed by atoms with van der Waals surface area (Å²) in [6.45, 7) is 5.07. The molecule has 3 aromatic rings. The summed E-state index contributed by atoms with van der Waals surface area (Å²) in [6.07, 6.45) is 4.22. The number of aromatic nitrogens is 3. The molecular weight excluding hydrogens is 314 g/mol. The first kappa shape index (κ1) is 15.4. The van der Waals surface area contributed by atoms with Gasteiger partial charge in [0.1, 0.15) is 5.75 Å². The average Bonchev–Trinajstić information content (AvgIpc) is 3.07. The fourth-order valence-corrected chi connectivity index (χ4v) is 3.88. The van der Waals surface area contributed by atoms with Crippen molar-refractivity contribution in [3.8, 4) is 17.0 Å². The van der Waals surface area contributed by atoms with Crippen LogP contribution in [0.2, 0.25) is 0 Å². The Bertz CT molecular complexity index is 702. The van der Waals surface area contributed by atoms with Gasteiger partial charge in [0.25, 0.3) is 0 Å². The molecule has 4 nitrogen and oxygen atoms in total. The van der Waals surface area contributed by atoms with Gasteiger partial charge < -0.3 is 4.74 Å². The molecule has 0 aliphatic heterocycles. The average molecular weight is 333 g/mol. The van der Waals surface area contributed by atoms with Crippen LogP contribution < -0.4 is 4.74 Å². The number of nitrogens with zero attached hydrogens (tertiary/aromatic N) is 3. The summed E-state index contributed by atoms with van der Waals surface area (Å²) in [5.74, 6) is 1.95. The third-order valence-electron chi connectivity index (χ3n) is 3.21. The lowest BCUT2D eigenvalue weighted by Crippen LogP contribution is -1.95. The van der Waals surface area contributed by atoms with Gasteiger partial charge >= 0.3 is 0 Å². The summed E-state index contributed by atoms with van der Waals surface area (Å²) < 4.78 is 8.62.